The second-order valence-corrected chi connectivity index (χ2v) is 6.54. The zero-order chi connectivity index (χ0) is 17.7. The zero-order valence-electron chi connectivity index (χ0n) is 15.3. The summed E-state index contributed by atoms with van der Waals surface area (Å²) in [6, 6.07) is 14.3. The van der Waals surface area contributed by atoms with Gasteiger partial charge in [-0.1, -0.05) is 42.5 Å². The molecule has 128 valence electrons. The van der Waals surface area contributed by atoms with Gasteiger partial charge in [0, 0.05) is 12.6 Å². The maximum absolute atomic E-state index is 12.7. The van der Waals surface area contributed by atoms with Crippen molar-refractivity contribution in [2.75, 3.05) is 6.61 Å². The molecule has 0 aliphatic carbocycles. The standard InChI is InChI=1S/C21H27NO2/c1-15(2)22(13-19-9-7-6-8-10-19)20(23)14-24-21-17(4)12-11-16(3)18(21)5/h6-12,15H,13-14H2,1-5H3. The number of amides is 1. The van der Waals surface area contributed by atoms with E-state index in [9.17, 15) is 4.79 Å². The smallest absolute Gasteiger partial charge is 0.261 e. The van der Waals surface area contributed by atoms with Gasteiger partial charge in [-0.3, -0.25) is 4.79 Å². The molecule has 0 N–H and O–H groups in total. The molecular formula is C21H27NO2. The molecular weight excluding hydrogens is 298 g/mol. The maximum Gasteiger partial charge on any atom is 0.261 e. The van der Waals surface area contributed by atoms with Gasteiger partial charge in [0.25, 0.3) is 5.91 Å². The lowest BCUT2D eigenvalue weighted by Gasteiger charge is -2.27. The number of carbonyl (C=O) groups excluding carboxylic acids is 1. The van der Waals surface area contributed by atoms with Crippen molar-refractivity contribution < 1.29 is 9.53 Å². The summed E-state index contributed by atoms with van der Waals surface area (Å²) in [5, 5.41) is 0. The van der Waals surface area contributed by atoms with Crippen LogP contribution in [0.4, 0.5) is 0 Å². The molecule has 3 heteroatoms. The van der Waals surface area contributed by atoms with E-state index in [0.717, 1.165) is 22.4 Å². The quantitative estimate of drug-likeness (QED) is 0.786. The summed E-state index contributed by atoms with van der Waals surface area (Å²) in [7, 11) is 0. The fraction of sp³-hybridized carbons (Fsp3) is 0.381. The predicted molar refractivity (Wildman–Crippen MR) is 98.3 cm³/mol. The van der Waals surface area contributed by atoms with Gasteiger partial charge in [0.1, 0.15) is 5.75 Å². The summed E-state index contributed by atoms with van der Waals surface area (Å²) < 4.78 is 5.89. The minimum atomic E-state index is 0.00848. The lowest BCUT2D eigenvalue weighted by molar-refractivity contribution is -0.135. The molecule has 0 fully saturated rings. The van der Waals surface area contributed by atoms with Gasteiger partial charge in [-0.15, -0.1) is 0 Å². The summed E-state index contributed by atoms with van der Waals surface area (Å²) in [5.74, 6) is 0.834. The van der Waals surface area contributed by atoms with Crippen LogP contribution in [-0.4, -0.2) is 23.5 Å². The van der Waals surface area contributed by atoms with Gasteiger partial charge in [0.2, 0.25) is 0 Å². The first-order valence-electron chi connectivity index (χ1n) is 8.43. The van der Waals surface area contributed by atoms with E-state index in [1.165, 1.54) is 5.56 Å². The summed E-state index contributed by atoms with van der Waals surface area (Å²) >= 11 is 0. The van der Waals surface area contributed by atoms with Crippen LogP contribution in [0.3, 0.4) is 0 Å². The highest BCUT2D eigenvalue weighted by Gasteiger charge is 2.19. The molecule has 0 saturated heterocycles. The van der Waals surface area contributed by atoms with E-state index in [1.54, 1.807) is 0 Å². The van der Waals surface area contributed by atoms with Gasteiger partial charge >= 0.3 is 0 Å². The van der Waals surface area contributed by atoms with Gasteiger partial charge in [-0.25, -0.2) is 0 Å². The van der Waals surface area contributed by atoms with Crippen molar-refractivity contribution in [3.8, 4) is 5.75 Å². The summed E-state index contributed by atoms with van der Waals surface area (Å²) in [6.07, 6.45) is 0. The van der Waals surface area contributed by atoms with E-state index >= 15 is 0 Å². The summed E-state index contributed by atoms with van der Waals surface area (Å²) in [4.78, 5) is 14.5. The Morgan fingerprint density at radius 3 is 2.25 bits per heavy atom. The SMILES string of the molecule is Cc1ccc(C)c(OCC(=O)N(Cc2ccccc2)C(C)C)c1C. The molecule has 0 bridgehead atoms. The fourth-order valence-electron chi connectivity index (χ4n) is 2.70. The van der Waals surface area contributed by atoms with Crippen molar-refractivity contribution >= 4 is 5.91 Å². The van der Waals surface area contributed by atoms with Crippen molar-refractivity contribution in [1.29, 1.82) is 0 Å². The Morgan fingerprint density at radius 1 is 1.00 bits per heavy atom. The number of ether oxygens (including phenoxy) is 1. The molecule has 2 aromatic carbocycles. The first kappa shape index (κ1) is 18.1. The number of benzene rings is 2. The van der Waals surface area contributed by atoms with Crippen molar-refractivity contribution in [2.45, 2.75) is 47.2 Å². The lowest BCUT2D eigenvalue weighted by Crippen LogP contribution is -2.39. The zero-order valence-corrected chi connectivity index (χ0v) is 15.3. The third-order valence-corrected chi connectivity index (χ3v) is 4.35. The molecule has 0 radical (unpaired) electrons. The Kier molecular flexibility index (Phi) is 6.02. The summed E-state index contributed by atoms with van der Waals surface area (Å²) in [6.45, 7) is 10.8. The van der Waals surface area contributed by atoms with Crippen LogP contribution in [0.1, 0.15) is 36.1 Å². The van der Waals surface area contributed by atoms with Crippen LogP contribution in [0, 0.1) is 20.8 Å². The Morgan fingerprint density at radius 2 is 1.62 bits per heavy atom. The Labute approximate surface area is 145 Å². The molecule has 0 saturated carbocycles. The highest BCUT2D eigenvalue weighted by Crippen LogP contribution is 2.25. The number of nitrogens with zero attached hydrogens (tertiary/aromatic N) is 1. The van der Waals surface area contributed by atoms with Crippen LogP contribution < -0.4 is 4.74 Å². The molecule has 0 aliphatic rings. The normalized spacial score (nSPS) is 10.8. The van der Waals surface area contributed by atoms with Crippen molar-refractivity contribution in [3.05, 3.63) is 64.7 Å². The molecule has 0 heterocycles. The van der Waals surface area contributed by atoms with Crippen LogP contribution in [0.15, 0.2) is 42.5 Å². The number of carbonyl (C=O) groups is 1. The van der Waals surface area contributed by atoms with Crippen molar-refractivity contribution in [1.82, 2.24) is 4.90 Å². The molecule has 1 amide bonds. The fourth-order valence-corrected chi connectivity index (χ4v) is 2.70. The largest absolute Gasteiger partial charge is 0.483 e. The van der Waals surface area contributed by atoms with Crippen LogP contribution in [0.25, 0.3) is 0 Å². The number of rotatable bonds is 6. The van der Waals surface area contributed by atoms with E-state index in [4.69, 9.17) is 4.74 Å². The summed E-state index contributed by atoms with van der Waals surface area (Å²) in [5.41, 5.74) is 4.46. The monoisotopic (exact) mass is 325 g/mol. The first-order chi connectivity index (χ1) is 11.4. The van der Waals surface area contributed by atoms with Gasteiger partial charge < -0.3 is 9.64 Å². The minimum Gasteiger partial charge on any atom is -0.483 e. The van der Waals surface area contributed by atoms with Crippen molar-refractivity contribution in [2.24, 2.45) is 0 Å². The second-order valence-electron chi connectivity index (χ2n) is 6.54. The molecule has 24 heavy (non-hydrogen) atoms. The predicted octanol–water partition coefficient (Wildman–Crippen LogP) is 4.43. The van der Waals surface area contributed by atoms with E-state index in [2.05, 4.69) is 13.0 Å². The van der Waals surface area contributed by atoms with Crippen LogP contribution in [-0.2, 0) is 11.3 Å². The molecule has 0 spiro atoms. The van der Waals surface area contributed by atoms with E-state index in [1.807, 2.05) is 69.0 Å². The third-order valence-electron chi connectivity index (χ3n) is 4.35. The molecule has 2 rings (SSSR count). The molecule has 0 aliphatic heterocycles. The molecule has 0 unspecified atom stereocenters. The van der Waals surface area contributed by atoms with E-state index in [-0.39, 0.29) is 18.6 Å². The number of hydrogen-bond acceptors (Lipinski definition) is 2. The Bertz CT molecular complexity index is 692. The van der Waals surface area contributed by atoms with Gasteiger partial charge in [0.05, 0.1) is 0 Å². The first-order valence-corrected chi connectivity index (χ1v) is 8.43. The van der Waals surface area contributed by atoms with Crippen LogP contribution >= 0.6 is 0 Å². The molecule has 2 aromatic rings. The van der Waals surface area contributed by atoms with Crippen molar-refractivity contribution in [3.63, 3.8) is 0 Å². The average Bonchev–Trinajstić information content (AvgIpc) is 2.56. The van der Waals surface area contributed by atoms with Gasteiger partial charge in [-0.2, -0.15) is 0 Å². The topological polar surface area (TPSA) is 29.5 Å². The number of hydrogen-bond donors (Lipinski definition) is 0. The average molecular weight is 325 g/mol. The maximum atomic E-state index is 12.7. The second kappa shape index (κ2) is 8.00. The van der Waals surface area contributed by atoms with Gasteiger partial charge in [0.15, 0.2) is 6.61 Å². The third kappa shape index (κ3) is 4.38. The van der Waals surface area contributed by atoms with E-state index < -0.39 is 0 Å². The minimum absolute atomic E-state index is 0.00848. The van der Waals surface area contributed by atoms with Gasteiger partial charge in [-0.05, 0) is 56.9 Å². The Hall–Kier alpha value is -2.29. The highest BCUT2D eigenvalue weighted by atomic mass is 16.5. The molecule has 0 atom stereocenters. The lowest BCUT2D eigenvalue weighted by atomic mass is 10.1. The highest BCUT2D eigenvalue weighted by molar-refractivity contribution is 5.78. The Balaban J connectivity index is 2.08. The number of aryl methyl sites for hydroxylation is 2. The molecule has 0 aromatic heterocycles. The van der Waals surface area contributed by atoms with Crippen LogP contribution in [0.2, 0.25) is 0 Å². The van der Waals surface area contributed by atoms with Crippen LogP contribution in [0.5, 0.6) is 5.75 Å². The molecule has 3 nitrogen and oxygen atoms in total. The van der Waals surface area contributed by atoms with E-state index in [0.29, 0.717) is 6.54 Å².